The van der Waals surface area contributed by atoms with Crippen LogP contribution in [-0.2, 0) is 17.6 Å². The molecule has 5 aromatic carbocycles. The van der Waals surface area contributed by atoms with E-state index in [0.717, 1.165) is 40.7 Å². The second kappa shape index (κ2) is 14.8. The van der Waals surface area contributed by atoms with E-state index in [4.69, 9.17) is 4.98 Å². The average molecular weight is 639 g/mol. The summed E-state index contributed by atoms with van der Waals surface area (Å²) in [4.78, 5) is 21.5. The van der Waals surface area contributed by atoms with E-state index >= 15 is 0 Å². The summed E-state index contributed by atoms with van der Waals surface area (Å²) >= 11 is 1.66. The van der Waals surface area contributed by atoms with Crippen molar-refractivity contribution in [3.8, 4) is 0 Å². The van der Waals surface area contributed by atoms with Gasteiger partial charge in [-0.1, -0.05) is 99.2 Å². The van der Waals surface area contributed by atoms with Gasteiger partial charge in [0.25, 0.3) is 0 Å². The summed E-state index contributed by atoms with van der Waals surface area (Å²) in [5.74, 6) is -0.0761. The molecule has 1 aliphatic rings. The van der Waals surface area contributed by atoms with Crippen LogP contribution in [0.25, 0.3) is 21.5 Å². The van der Waals surface area contributed by atoms with Gasteiger partial charge in [0.2, 0.25) is 5.91 Å². The first-order chi connectivity index (χ1) is 23.2. The number of fused-ring (bicyclic) bond motifs is 3. The normalized spacial score (nSPS) is 14.1. The molecule has 0 spiro atoms. The summed E-state index contributed by atoms with van der Waals surface area (Å²) in [7, 11) is 0. The molecular weight excluding hydrogens is 597 g/mol. The van der Waals surface area contributed by atoms with Crippen molar-refractivity contribution in [3.63, 3.8) is 0 Å². The number of anilines is 5. The van der Waals surface area contributed by atoms with Crippen molar-refractivity contribution in [1.82, 2.24) is 4.98 Å². The fraction of sp³-hybridized carbons (Fsp3) is 0.268. The first-order valence-electron chi connectivity index (χ1n) is 17.1. The third kappa shape index (κ3) is 7.66. The van der Waals surface area contributed by atoms with Crippen LogP contribution in [0.4, 0.5) is 27.9 Å². The molecule has 2 N–H and O–H groups in total. The van der Waals surface area contributed by atoms with Crippen molar-refractivity contribution >= 4 is 66.7 Å². The fourth-order valence-electron chi connectivity index (χ4n) is 6.62. The number of rotatable bonds is 7. The first kappa shape index (κ1) is 30.9. The van der Waals surface area contributed by atoms with Crippen LogP contribution in [0.3, 0.4) is 0 Å². The third-order valence-electron chi connectivity index (χ3n) is 9.15. The number of benzene rings is 5. The lowest BCUT2D eigenvalue weighted by Gasteiger charge is -2.26. The number of nitrogens with one attached hydrogen (secondary N) is 2. The minimum atomic E-state index is -0.0761. The molecule has 1 heterocycles. The van der Waals surface area contributed by atoms with Gasteiger partial charge >= 0.3 is 0 Å². The maximum Gasteiger partial charge on any atom is 0.245 e. The van der Waals surface area contributed by atoms with Crippen LogP contribution < -0.4 is 15.5 Å². The van der Waals surface area contributed by atoms with E-state index in [1.807, 2.05) is 12.1 Å². The SMILES string of the molecule is O=C(CNc1ccc(N(c2ccc3ccccc3c2)c2ccc3ccccc3c2)cc1)Nc1nc2c(s1)CCCCCCCCCC2. The predicted octanol–water partition coefficient (Wildman–Crippen LogP) is 11.2. The Kier molecular flexibility index (Phi) is 9.76. The molecule has 6 aromatic rings. The smallest absolute Gasteiger partial charge is 0.245 e. The Hall–Kier alpha value is -4.68. The molecule has 0 fully saturated rings. The van der Waals surface area contributed by atoms with E-state index in [1.54, 1.807) is 11.3 Å². The van der Waals surface area contributed by atoms with Crippen LogP contribution >= 0.6 is 11.3 Å². The van der Waals surface area contributed by atoms with Gasteiger partial charge in [-0.2, -0.15) is 0 Å². The maximum absolute atomic E-state index is 13.0. The molecule has 0 aliphatic heterocycles. The van der Waals surface area contributed by atoms with Gasteiger partial charge in [-0.3, -0.25) is 4.79 Å². The predicted molar refractivity (Wildman–Crippen MR) is 200 cm³/mol. The quantitative estimate of drug-likeness (QED) is 0.183. The highest BCUT2D eigenvalue weighted by Crippen LogP contribution is 2.38. The van der Waals surface area contributed by atoms with E-state index < -0.39 is 0 Å². The van der Waals surface area contributed by atoms with Crippen molar-refractivity contribution in [2.75, 3.05) is 22.1 Å². The Morgan fingerprint density at radius 1 is 0.617 bits per heavy atom. The van der Waals surface area contributed by atoms with Crippen molar-refractivity contribution in [3.05, 3.63) is 120 Å². The zero-order valence-corrected chi connectivity index (χ0v) is 27.7. The average Bonchev–Trinajstić information content (AvgIpc) is 3.48. The van der Waals surface area contributed by atoms with Gasteiger partial charge < -0.3 is 15.5 Å². The molecule has 5 nitrogen and oxygen atoms in total. The van der Waals surface area contributed by atoms with E-state index in [1.165, 1.54) is 83.5 Å². The second-order valence-corrected chi connectivity index (χ2v) is 13.6. The first-order valence-corrected chi connectivity index (χ1v) is 17.9. The highest BCUT2D eigenvalue weighted by atomic mass is 32.1. The zero-order valence-electron chi connectivity index (χ0n) is 26.9. The largest absolute Gasteiger partial charge is 0.376 e. The van der Waals surface area contributed by atoms with E-state index in [0.29, 0.717) is 0 Å². The number of amides is 1. The number of carbonyl (C=O) groups excluding carboxylic acids is 1. The number of nitrogens with zero attached hydrogens (tertiary/aromatic N) is 2. The van der Waals surface area contributed by atoms with Gasteiger partial charge in [0.15, 0.2) is 5.13 Å². The van der Waals surface area contributed by atoms with Gasteiger partial charge in [-0.05, 0) is 95.8 Å². The van der Waals surface area contributed by atoms with Gasteiger partial charge in [-0.15, -0.1) is 11.3 Å². The monoisotopic (exact) mass is 638 g/mol. The summed E-state index contributed by atoms with van der Waals surface area (Å²) in [6, 6.07) is 38.4. The number of aromatic nitrogens is 1. The van der Waals surface area contributed by atoms with Crippen LogP contribution in [0.1, 0.15) is 61.9 Å². The fourth-order valence-corrected chi connectivity index (χ4v) is 7.69. The Balaban J connectivity index is 1.06. The van der Waals surface area contributed by atoms with Gasteiger partial charge in [0.1, 0.15) is 0 Å². The molecule has 0 saturated carbocycles. The van der Waals surface area contributed by atoms with Crippen molar-refractivity contribution in [1.29, 1.82) is 0 Å². The highest BCUT2D eigenvalue weighted by Gasteiger charge is 2.16. The zero-order chi connectivity index (χ0) is 31.8. The minimum absolute atomic E-state index is 0.0761. The van der Waals surface area contributed by atoms with E-state index in [2.05, 4.69) is 113 Å². The van der Waals surface area contributed by atoms with Gasteiger partial charge in [0, 0.05) is 27.6 Å². The molecule has 238 valence electrons. The molecule has 47 heavy (non-hydrogen) atoms. The molecular formula is C41H42N4OS. The molecule has 0 bridgehead atoms. The van der Waals surface area contributed by atoms with E-state index in [9.17, 15) is 4.79 Å². The summed E-state index contributed by atoms with van der Waals surface area (Å²) in [6.07, 6.45) is 12.4. The van der Waals surface area contributed by atoms with Crippen LogP contribution in [-0.4, -0.2) is 17.4 Å². The number of carbonyl (C=O) groups is 1. The molecule has 6 heteroatoms. The number of hydrogen-bond acceptors (Lipinski definition) is 5. The van der Waals surface area contributed by atoms with Crippen LogP contribution in [0.2, 0.25) is 0 Å². The molecule has 1 amide bonds. The van der Waals surface area contributed by atoms with Crippen LogP contribution in [0.5, 0.6) is 0 Å². The second-order valence-electron chi connectivity index (χ2n) is 12.6. The Morgan fingerprint density at radius 3 is 1.77 bits per heavy atom. The van der Waals surface area contributed by atoms with Crippen molar-refractivity contribution in [2.45, 2.75) is 64.2 Å². The molecule has 0 radical (unpaired) electrons. The van der Waals surface area contributed by atoms with E-state index in [-0.39, 0.29) is 12.5 Å². The topological polar surface area (TPSA) is 57.3 Å². The number of hydrogen-bond donors (Lipinski definition) is 2. The molecule has 0 saturated heterocycles. The molecule has 1 aliphatic carbocycles. The number of aryl methyl sites for hydroxylation is 2. The molecule has 0 atom stereocenters. The Morgan fingerprint density at radius 2 is 1.15 bits per heavy atom. The molecule has 0 unspecified atom stereocenters. The lowest BCUT2D eigenvalue weighted by Crippen LogP contribution is -2.21. The van der Waals surface area contributed by atoms with Crippen LogP contribution in [0, 0.1) is 0 Å². The van der Waals surface area contributed by atoms with Gasteiger partial charge in [-0.25, -0.2) is 4.98 Å². The van der Waals surface area contributed by atoms with Gasteiger partial charge in [0.05, 0.1) is 12.2 Å². The van der Waals surface area contributed by atoms with Crippen molar-refractivity contribution < 1.29 is 4.79 Å². The summed E-state index contributed by atoms with van der Waals surface area (Å²) in [6.45, 7) is 0.183. The summed E-state index contributed by atoms with van der Waals surface area (Å²) in [5, 5.41) is 11.9. The summed E-state index contributed by atoms with van der Waals surface area (Å²) < 4.78 is 0. The minimum Gasteiger partial charge on any atom is -0.376 e. The Labute approximate surface area is 281 Å². The number of thiazole rings is 1. The third-order valence-corrected chi connectivity index (χ3v) is 10.2. The Bertz CT molecular complexity index is 1860. The molecule has 7 rings (SSSR count). The maximum atomic E-state index is 13.0. The van der Waals surface area contributed by atoms with Crippen molar-refractivity contribution in [2.24, 2.45) is 0 Å². The summed E-state index contributed by atoms with van der Waals surface area (Å²) in [5.41, 5.74) is 5.32. The lowest BCUT2D eigenvalue weighted by atomic mass is 10.0. The van der Waals surface area contributed by atoms with Crippen LogP contribution in [0.15, 0.2) is 109 Å². The highest BCUT2D eigenvalue weighted by molar-refractivity contribution is 7.15. The lowest BCUT2D eigenvalue weighted by molar-refractivity contribution is -0.114. The molecule has 1 aromatic heterocycles. The standard InChI is InChI=1S/C41H42N4OS/c46-40(44-41-43-38-17-7-5-3-1-2-4-6-8-18-39(38)47-41)29-42-34-21-25-35(26-22-34)45(36-23-19-30-13-9-11-15-32(30)27-36)37-24-20-31-14-10-12-16-33(31)28-37/h9-16,19-28,42H,1-8,17-18,29H2,(H,43,44,46).